The van der Waals surface area contributed by atoms with Crippen molar-refractivity contribution >= 4 is 0 Å². The molecule has 4 nitrogen and oxygen atoms in total. The van der Waals surface area contributed by atoms with E-state index in [0.717, 1.165) is 13.1 Å². The third-order valence-electron chi connectivity index (χ3n) is 4.69. The van der Waals surface area contributed by atoms with Crippen molar-refractivity contribution in [2.45, 2.75) is 91.4 Å². The monoisotopic (exact) mass is 342 g/mol. The summed E-state index contributed by atoms with van der Waals surface area (Å²) in [7, 11) is 4.15. The first-order valence-corrected chi connectivity index (χ1v) is 10.3. The van der Waals surface area contributed by atoms with Crippen LogP contribution in [0, 0.1) is 11.8 Å². The Kier molecular flexibility index (Phi) is 14.0. The average molecular weight is 343 g/mol. The minimum Gasteiger partial charge on any atom is -0.313 e. The molecule has 0 amide bonds. The molecular weight excluding hydrogens is 296 g/mol. The van der Waals surface area contributed by atoms with Gasteiger partial charge in [0.2, 0.25) is 0 Å². The standard InChI is InChI=1S/C20H46N4/c1-8-9-10-11-12-13-14-19(21-6)20(22-7,23-15-17(2)3)24-16-18(4)5/h17-19,21-24H,8-16H2,1-7H3. The van der Waals surface area contributed by atoms with Crippen LogP contribution in [0.15, 0.2) is 0 Å². The van der Waals surface area contributed by atoms with Crippen LogP contribution in [0.1, 0.15) is 79.6 Å². The Bertz CT molecular complexity index is 267. The van der Waals surface area contributed by atoms with E-state index in [1.807, 2.05) is 0 Å². The number of likely N-dealkylation sites (N-methyl/N-ethyl adjacent to an activating group) is 2. The van der Waals surface area contributed by atoms with Crippen molar-refractivity contribution in [2.75, 3.05) is 27.2 Å². The van der Waals surface area contributed by atoms with E-state index < -0.39 is 0 Å². The molecular formula is C20H46N4. The predicted molar refractivity (Wildman–Crippen MR) is 108 cm³/mol. The van der Waals surface area contributed by atoms with Crippen LogP contribution in [0.5, 0.6) is 0 Å². The van der Waals surface area contributed by atoms with Crippen molar-refractivity contribution in [3.63, 3.8) is 0 Å². The van der Waals surface area contributed by atoms with Gasteiger partial charge in [0.15, 0.2) is 0 Å². The van der Waals surface area contributed by atoms with Crippen LogP contribution in [0.4, 0.5) is 0 Å². The van der Waals surface area contributed by atoms with E-state index in [2.05, 4.69) is 70.0 Å². The molecule has 0 aliphatic carbocycles. The fraction of sp³-hybridized carbons (Fsp3) is 1.00. The molecule has 0 aromatic carbocycles. The van der Waals surface area contributed by atoms with E-state index >= 15 is 0 Å². The molecule has 146 valence electrons. The zero-order valence-electron chi connectivity index (χ0n) is 17.6. The highest BCUT2D eigenvalue weighted by atomic mass is 15.4. The average Bonchev–Trinajstić information content (AvgIpc) is 2.55. The Hall–Kier alpha value is -0.160. The third kappa shape index (κ3) is 9.97. The van der Waals surface area contributed by atoms with Gasteiger partial charge in [0.05, 0.1) is 6.04 Å². The zero-order chi connectivity index (χ0) is 18.4. The van der Waals surface area contributed by atoms with E-state index in [1.165, 1.54) is 44.9 Å². The fourth-order valence-electron chi connectivity index (χ4n) is 3.10. The second-order valence-corrected chi connectivity index (χ2v) is 8.01. The van der Waals surface area contributed by atoms with Crippen molar-refractivity contribution in [1.29, 1.82) is 0 Å². The topological polar surface area (TPSA) is 48.1 Å². The Morgan fingerprint density at radius 1 is 0.750 bits per heavy atom. The van der Waals surface area contributed by atoms with Gasteiger partial charge in [-0.25, -0.2) is 0 Å². The van der Waals surface area contributed by atoms with Crippen molar-refractivity contribution < 1.29 is 0 Å². The summed E-state index contributed by atoms with van der Waals surface area (Å²) in [5.41, 5.74) is 0. The van der Waals surface area contributed by atoms with Gasteiger partial charge in [-0.2, -0.15) is 0 Å². The summed E-state index contributed by atoms with van der Waals surface area (Å²) < 4.78 is 0. The van der Waals surface area contributed by atoms with Crippen LogP contribution >= 0.6 is 0 Å². The lowest BCUT2D eigenvalue weighted by Crippen LogP contribution is -2.75. The summed E-state index contributed by atoms with van der Waals surface area (Å²) in [5, 5.41) is 14.6. The highest BCUT2D eigenvalue weighted by Gasteiger charge is 2.35. The van der Waals surface area contributed by atoms with Gasteiger partial charge in [-0.15, -0.1) is 0 Å². The molecule has 0 aliphatic rings. The fourth-order valence-corrected chi connectivity index (χ4v) is 3.10. The molecule has 0 aliphatic heterocycles. The van der Waals surface area contributed by atoms with Crippen molar-refractivity contribution in [3.05, 3.63) is 0 Å². The summed E-state index contributed by atoms with van der Waals surface area (Å²) in [6.07, 6.45) is 9.25. The lowest BCUT2D eigenvalue weighted by atomic mass is 9.99. The third-order valence-corrected chi connectivity index (χ3v) is 4.69. The minimum atomic E-state index is -0.243. The number of hydrogen-bond acceptors (Lipinski definition) is 4. The Balaban J connectivity index is 4.70. The molecule has 0 radical (unpaired) electrons. The summed E-state index contributed by atoms with van der Waals surface area (Å²) in [6, 6.07) is 0.367. The maximum absolute atomic E-state index is 3.77. The smallest absolute Gasteiger partial charge is 0.139 e. The number of nitrogens with one attached hydrogen (secondary N) is 4. The molecule has 0 bridgehead atoms. The largest absolute Gasteiger partial charge is 0.313 e. The lowest BCUT2D eigenvalue weighted by Gasteiger charge is -2.43. The number of rotatable bonds is 16. The summed E-state index contributed by atoms with van der Waals surface area (Å²) in [5.74, 6) is 1.02. The van der Waals surface area contributed by atoms with Gasteiger partial charge in [0.1, 0.15) is 5.79 Å². The highest BCUT2D eigenvalue weighted by molar-refractivity contribution is 4.93. The molecule has 0 heterocycles. The van der Waals surface area contributed by atoms with Gasteiger partial charge in [-0.05, 0) is 32.4 Å². The summed E-state index contributed by atoms with van der Waals surface area (Å²) >= 11 is 0. The number of unbranched alkanes of at least 4 members (excludes halogenated alkanes) is 5. The van der Waals surface area contributed by atoms with Crippen LogP contribution in [0.25, 0.3) is 0 Å². The molecule has 4 heteroatoms. The minimum absolute atomic E-state index is 0.243. The molecule has 24 heavy (non-hydrogen) atoms. The van der Waals surface area contributed by atoms with E-state index in [4.69, 9.17) is 0 Å². The lowest BCUT2D eigenvalue weighted by molar-refractivity contribution is 0.132. The highest BCUT2D eigenvalue weighted by Crippen LogP contribution is 2.15. The normalized spacial score (nSPS) is 13.9. The summed E-state index contributed by atoms with van der Waals surface area (Å²) in [4.78, 5) is 0. The molecule has 1 atom stereocenters. The molecule has 4 N–H and O–H groups in total. The first-order valence-electron chi connectivity index (χ1n) is 10.3. The first-order chi connectivity index (χ1) is 11.4. The van der Waals surface area contributed by atoms with Gasteiger partial charge in [-0.3, -0.25) is 16.0 Å². The second-order valence-electron chi connectivity index (χ2n) is 8.01. The second kappa shape index (κ2) is 14.1. The van der Waals surface area contributed by atoms with Crippen LogP contribution in [0.3, 0.4) is 0 Å². The SMILES string of the molecule is CCCCCCCCC(NC)C(NC)(NCC(C)C)NCC(C)C. The van der Waals surface area contributed by atoms with Crippen LogP contribution in [-0.4, -0.2) is 39.0 Å². The maximum atomic E-state index is 3.77. The van der Waals surface area contributed by atoms with Gasteiger partial charge in [0, 0.05) is 13.1 Å². The Morgan fingerprint density at radius 3 is 1.67 bits per heavy atom. The predicted octanol–water partition coefficient (Wildman–Crippen LogP) is 3.69. The molecule has 0 saturated heterocycles. The van der Waals surface area contributed by atoms with Gasteiger partial charge >= 0.3 is 0 Å². The molecule has 0 spiro atoms. The van der Waals surface area contributed by atoms with Gasteiger partial charge < -0.3 is 5.32 Å². The van der Waals surface area contributed by atoms with Crippen molar-refractivity contribution in [1.82, 2.24) is 21.3 Å². The Morgan fingerprint density at radius 2 is 1.25 bits per heavy atom. The van der Waals surface area contributed by atoms with Crippen molar-refractivity contribution in [2.24, 2.45) is 11.8 Å². The molecule has 0 rings (SSSR count). The molecule has 1 unspecified atom stereocenters. The van der Waals surface area contributed by atoms with E-state index in [0.29, 0.717) is 17.9 Å². The van der Waals surface area contributed by atoms with Crippen LogP contribution in [0.2, 0.25) is 0 Å². The molecule has 0 fully saturated rings. The quantitative estimate of drug-likeness (QED) is 0.255. The van der Waals surface area contributed by atoms with Gasteiger partial charge in [0.25, 0.3) is 0 Å². The maximum Gasteiger partial charge on any atom is 0.139 e. The molecule has 0 saturated carbocycles. The van der Waals surface area contributed by atoms with Crippen LogP contribution in [-0.2, 0) is 0 Å². The van der Waals surface area contributed by atoms with E-state index in [-0.39, 0.29) is 5.79 Å². The molecule has 0 aromatic rings. The Labute approximate surface area is 152 Å². The van der Waals surface area contributed by atoms with Crippen LogP contribution < -0.4 is 21.3 Å². The van der Waals surface area contributed by atoms with E-state index in [1.54, 1.807) is 0 Å². The van der Waals surface area contributed by atoms with E-state index in [9.17, 15) is 0 Å². The number of hydrogen-bond donors (Lipinski definition) is 4. The zero-order valence-corrected chi connectivity index (χ0v) is 17.6. The molecule has 0 aromatic heterocycles. The van der Waals surface area contributed by atoms with Gasteiger partial charge in [-0.1, -0.05) is 73.1 Å². The van der Waals surface area contributed by atoms with Crippen molar-refractivity contribution in [3.8, 4) is 0 Å². The summed E-state index contributed by atoms with van der Waals surface area (Å²) in [6.45, 7) is 13.3. The first kappa shape index (κ1) is 23.8.